The quantitative estimate of drug-likeness (QED) is 0.217. The maximum atomic E-state index is 2.45. The van der Waals surface area contributed by atoms with Crippen LogP contribution in [0.25, 0.3) is 41.7 Å². The van der Waals surface area contributed by atoms with E-state index >= 15 is 0 Å². The topological polar surface area (TPSA) is 3.24 Å². The maximum absolute atomic E-state index is 2.45. The van der Waals surface area contributed by atoms with Gasteiger partial charge in [0.15, 0.2) is 0 Å². The molecule has 0 amide bonds. The second-order valence-electron chi connectivity index (χ2n) is 11.2. The number of hydrogen-bond acceptors (Lipinski definition) is 2. The van der Waals surface area contributed by atoms with Crippen molar-refractivity contribution in [3.8, 4) is 0 Å². The zero-order valence-corrected chi connectivity index (χ0v) is 23.3. The highest BCUT2D eigenvalue weighted by atomic mass is 32.1. The fourth-order valence-corrected chi connectivity index (χ4v) is 8.01. The van der Waals surface area contributed by atoms with Crippen molar-refractivity contribution in [1.29, 1.82) is 0 Å². The van der Waals surface area contributed by atoms with Gasteiger partial charge in [0.05, 0.1) is 5.69 Å². The molecule has 0 bridgehead atoms. The summed E-state index contributed by atoms with van der Waals surface area (Å²) in [6, 6.07) is 45.1. The van der Waals surface area contributed by atoms with Gasteiger partial charge in [-0.15, -0.1) is 11.3 Å². The van der Waals surface area contributed by atoms with Crippen LogP contribution < -0.4 is 4.90 Å². The highest BCUT2D eigenvalue weighted by Gasteiger charge is 2.21. The Hall–Kier alpha value is -4.14. The number of benzene rings is 6. The average Bonchev–Trinajstić information content (AvgIpc) is 3.38. The van der Waals surface area contributed by atoms with E-state index in [9.17, 15) is 0 Å². The Kier molecular flexibility index (Phi) is 5.81. The lowest BCUT2D eigenvalue weighted by molar-refractivity contribution is 0.443. The fourth-order valence-electron chi connectivity index (χ4n) is 6.83. The molecule has 0 aliphatic heterocycles. The minimum atomic E-state index is 0.708. The van der Waals surface area contributed by atoms with Crippen LogP contribution in [-0.4, -0.2) is 0 Å². The van der Waals surface area contributed by atoms with Crippen molar-refractivity contribution < 1.29 is 0 Å². The number of fused-ring (bicyclic) bond motifs is 6. The van der Waals surface area contributed by atoms with E-state index in [0.717, 1.165) is 0 Å². The fraction of sp³-hybridized carbons (Fsp3) is 0.158. The van der Waals surface area contributed by atoms with Gasteiger partial charge in [-0.05, 0) is 82.9 Å². The molecule has 40 heavy (non-hydrogen) atoms. The largest absolute Gasteiger partial charge is 0.310 e. The van der Waals surface area contributed by atoms with Gasteiger partial charge >= 0.3 is 0 Å². The van der Waals surface area contributed by atoms with Crippen LogP contribution in [0, 0.1) is 0 Å². The van der Waals surface area contributed by atoms with E-state index in [4.69, 9.17) is 0 Å². The number of thiophene rings is 1. The molecule has 0 N–H and O–H groups in total. The van der Waals surface area contributed by atoms with E-state index in [1.165, 1.54) is 96.4 Å². The van der Waals surface area contributed by atoms with Gasteiger partial charge in [-0.25, -0.2) is 0 Å². The average molecular weight is 534 g/mol. The maximum Gasteiger partial charge on any atom is 0.0554 e. The van der Waals surface area contributed by atoms with E-state index in [-0.39, 0.29) is 0 Å². The normalized spacial score (nSPS) is 14.4. The standard InChI is InChI=1S/C38H31NS/c1-3-11-26(12-4-1)27-19-21-31(22-20-27)39(30-15-5-2-6-16-30)35-25-37-38(33-18-10-9-17-32(33)35)34-23-28-13-7-8-14-29(28)24-36(34)40-37/h2,5-10,13-26H,1,3-4,11-12H2. The van der Waals surface area contributed by atoms with Crippen molar-refractivity contribution >= 4 is 70.1 Å². The zero-order chi connectivity index (χ0) is 26.5. The monoisotopic (exact) mass is 533 g/mol. The number of anilines is 3. The number of rotatable bonds is 4. The van der Waals surface area contributed by atoms with Crippen LogP contribution in [0.15, 0.2) is 121 Å². The van der Waals surface area contributed by atoms with Crippen LogP contribution >= 0.6 is 11.3 Å². The van der Waals surface area contributed by atoms with Crippen LogP contribution in [0.2, 0.25) is 0 Å². The molecule has 2 heteroatoms. The third-order valence-electron chi connectivity index (χ3n) is 8.81. The number of para-hydroxylation sites is 1. The van der Waals surface area contributed by atoms with Gasteiger partial charge < -0.3 is 4.90 Å². The van der Waals surface area contributed by atoms with E-state index in [1.807, 2.05) is 11.3 Å². The van der Waals surface area contributed by atoms with Crippen molar-refractivity contribution in [1.82, 2.24) is 0 Å². The second-order valence-corrected chi connectivity index (χ2v) is 12.3. The summed E-state index contributed by atoms with van der Waals surface area (Å²) in [5.74, 6) is 0.708. The van der Waals surface area contributed by atoms with Crippen molar-refractivity contribution in [2.45, 2.75) is 38.0 Å². The first-order valence-corrected chi connectivity index (χ1v) is 15.4. The summed E-state index contributed by atoms with van der Waals surface area (Å²) in [5, 5.41) is 7.91. The highest BCUT2D eigenvalue weighted by Crippen LogP contribution is 2.47. The predicted molar refractivity (Wildman–Crippen MR) is 175 cm³/mol. The first-order chi connectivity index (χ1) is 19.8. The van der Waals surface area contributed by atoms with Crippen molar-refractivity contribution in [3.63, 3.8) is 0 Å². The SMILES string of the molecule is c1ccc(N(c2ccc(C3CCCCC3)cc2)c2cc3sc4cc5ccccc5cc4c3c3ccccc23)cc1. The summed E-state index contributed by atoms with van der Waals surface area (Å²) < 4.78 is 2.68. The smallest absolute Gasteiger partial charge is 0.0554 e. The molecule has 0 radical (unpaired) electrons. The van der Waals surface area contributed by atoms with E-state index < -0.39 is 0 Å². The molecule has 194 valence electrons. The van der Waals surface area contributed by atoms with Crippen LogP contribution in [0.4, 0.5) is 17.1 Å². The minimum absolute atomic E-state index is 0.708. The summed E-state index contributed by atoms with van der Waals surface area (Å²) in [5.41, 5.74) is 5.12. The number of hydrogen-bond donors (Lipinski definition) is 0. The molecule has 6 aromatic carbocycles. The molecule has 1 aliphatic rings. The summed E-state index contributed by atoms with van der Waals surface area (Å²) in [7, 11) is 0. The third kappa shape index (κ3) is 3.98. The van der Waals surface area contributed by atoms with Crippen molar-refractivity contribution in [3.05, 3.63) is 127 Å². The summed E-state index contributed by atoms with van der Waals surface area (Å²) in [6.07, 6.45) is 6.76. The molecule has 1 fully saturated rings. The van der Waals surface area contributed by atoms with Gasteiger partial charge in [0.1, 0.15) is 0 Å². The van der Waals surface area contributed by atoms with Gasteiger partial charge in [0.2, 0.25) is 0 Å². The van der Waals surface area contributed by atoms with E-state index in [1.54, 1.807) is 0 Å². The lowest BCUT2D eigenvalue weighted by Crippen LogP contribution is -2.11. The van der Waals surface area contributed by atoms with Gasteiger partial charge in [0.25, 0.3) is 0 Å². The molecule has 1 aromatic heterocycles. The molecule has 1 saturated carbocycles. The van der Waals surface area contributed by atoms with E-state index in [2.05, 4.69) is 126 Å². The Morgan fingerprint density at radius 1 is 0.525 bits per heavy atom. The summed E-state index contributed by atoms with van der Waals surface area (Å²) in [4.78, 5) is 2.45. The first kappa shape index (κ1) is 23.7. The van der Waals surface area contributed by atoms with Gasteiger partial charge in [0, 0.05) is 36.9 Å². The Morgan fingerprint density at radius 3 is 1.95 bits per heavy atom. The van der Waals surface area contributed by atoms with Crippen LogP contribution in [0.1, 0.15) is 43.6 Å². The number of nitrogens with zero attached hydrogens (tertiary/aromatic N) is 1. The second kappa shape index (κ2) is 9.80. The first-order valence-electron chi connectivity index (χ1n) is 14.6. The molecular formula is C38H31NS. The Balaban J connectivity index is 1.36. The van der Waals surface area contributed by atoms with E-state index in [0.29, 0.717) is 5.92 Å². The Bertz CT molecular complexity index is 1980. The Morgan fingerprint density at radius 2 is 1.18 bits per heavy atom. The van der Waals surface area contributed by atoms with Gasteiger partial charge in [-0.1, -0.05) is 98.1 Å². The lowest BCUT2D eigenvalue weighted by Gasteiger charge is -2.28. The van der Waals surface area contributed by atoms with Gasteiger partial charge in [-0.3, -0.25) is 0 Å². The molecule has 8 rings (SSSR count). The zero-order valence-electron chi connectivity index (χ0n) is 22.5. The highest BCUT2D eigenvalue weighted by molar-refractivity contribution is 7.26. The molecule has 1 nitrogen and oxygen atoms in total. The molecule has 7 aromatic rings. The van der Waals surface area contributed by atoms with Crippen molar-refractivity contribution in [2.75, 3.05) is 4.90 Å². The molecule has 1 heterocycles. The van der Waals surface area contributed by atoms with Crippen LogP contribution in [-0.2, 0) is 0 Å². The molecule has 0 saturated heterocycles. The van der Waals surface area contributed by atoms with Crippen LogP contribution in [0.3, 0.4) is 0 Å². The third-order valence-corrected chi connectivity index (χ3v) is 9.91. The van der Waals surface area contributed by atoms with Crippen molar-refractivity contribution in [2.24, 2.45) is 0 Å². The molecular weight excluding hydrogens is 502 g/mol. The molecule has 1 aliphatic carbocycles. The Labute approximate surface area is 239 Å². The predicted octanol–water partition coefficient (Wildman–Crippen LogP) is 11.9. The molecule has 0 unspecified atom stereocenters. The molecule has 0 atom stereocenters. The lowest BCUT2D eigenvalue weighted by atomic mass is 9.84. The van der Waals surface area contributed by atoms with Crippen LogP contribution in [0.5, 0.6) is 0 Å². The van der Waals surface area contributed by atoms with Gasteiger partial charge in [-0.2, -0.15) is 0 Å². The summed E-state index contributed by atoms with van der Waals surface area (Å²) >= 11 is 1.91. The molecule has 0 spiro atoms. The minimum Gasteiger partial charge on any atom is -0.310 e. The summed E-state index contributed by atoms with van der Waals surface area (Å²) in [6.45, 7) is 0.